The Hall–Kier alpha value is -1.98. The van der Waals surface area contributed by atoms with Crippen molar-refractivity contribution in [1.29, 1.82) is 0 Å². The van der Waals surface area contributed by atoms with Crippen LogP contribution in [0.4, 0.5) is 0 Å². The summed E-state index contributed by atoms with van der Waals surface area (Å²) in [5.41, 5.74) is 3.52. The second-order valence-electron chi connectivity index (χ2n) is 5.40. The molecule has 0 fully saturated rings. The van der Waals surface area contributed by atoms with Gasteiger partial charge in [0.15, 0.2) is 0 Å². The number of benzene rings is 1. The van der Waals surface area contributed by atoms with Gasteiger partial charge < -0.3 is 9.88 Å². The van der Waals surface area contributed by atoms with Crippen molar-refractivity contribution in [2.24, 2.45) is 0 Å². The zero-order valence-corrected chi connectivity index (χ0v) is 13.9. The summed E-state index contributed by atoms with van der Waals surface area (Å²) in [6.45, 7) is 7.02. The van der Waals surface area contributed by atoms with Gasteiger partial charge in [0.25, 0.3) is 0 Å². The summed E-state index contributed by atoms with van der Waals surface area (Å²) < 4.78 is 2.08. The van der Waals surface area contributed by atoms with Crippen LogP contribution in [0.25, 0.3) is 5.69 Å². The number of hydrogen-bond donors (Lipinski definition) is 1. The van der Waals surface area contributed by atoms with Crippen molar-refractivity contribution in [2.45, 2.75) is 33.4 Å². The minimum Gasteiger partial charge on any atom is -0.305 e. The fourth-order valence-electron chi connectivity index (χ4n) is 2.44. The Morgan fingerprint density at radius 2 is 2.00 bits per heavy atom. The lowest BCUT2D eigenvalue weighted by atomic mass is 10.1. The first-order valence-corrected chi connectivity index (χ1v) is 8.26. The van der Waals surface area contributed by atoms with E-state index in [0.29, 0.717) is 6.04 Å². The summed E-state index contributed by atoms with van der Waals surface area (Å²) in [5, 5.41) is 6.75. The third-order valence-electron chi connectivity index (χ3n) is 3.75. The Labute approximate surface area is 134 Å². The van der Waals surface area contributed by atoms with E-state index in [9.17, 15) is 0 Å². The van der Waals surface area contributed by atoms with Crippen molar-refractivity contribution in [3.63, 3.8) is 0 Å². The zero-order valence-electron chi connectivity index (χ0n) is 13.1. The summed E-state index contributed by atoms with van der Waals surface area (Å²) in [6, 6.07) is 8.89. The Morgan fingerprint density at radius 1 is 1.23 bits per heavy atom. The third-order valence-corrected chi connectivity index (χ3v) is 4.58. The summed E-state index contributed by atoms with van der Waals surface area (Å²) in [5.74, 6) is 0.998. The molecule has 4 nitrogen and oxygen atoms in total. The number of thiazole rings is 1. The smallest absolute Gasteiger partial charge is 0.110 e. The highest BCUT2D eigenvalue weighted by Gasteiger charge is 2.07. The Kier molecular flexibility index (Phi) is 4.36. The summed E-state index contributed by atoms with van der Waals surface area (Å²) >= 11 is 1.69. The number of rotatable bonds is 5. The fourth-order valence-corrected chi connectivity index (χ4v) is 3.05. The maximum atomic E-state index is 4.48. The molecule has 1 N–H and O–H groups in total. The third kappa shape index (κ3) is 3.26. The normalized spacial score (nSPS) is 12.5. The van der Waals surface area contributed by atoms with Gasteiger partial charge in [0.2, 0.25) is 0 Å². The predicted octanol–water partition coefficient (Wildman–Crippen LogP) is 3.80. The molecule has 5 heteroatoms. The highest BCUT2D eigenvalue weighted by atomic mass is 32.1. The Balaban J connectivity index is 1.66. The van der Waals surface area contributed by atoms with Gasteiger partial charge >= 0.3 is 0 Å². The van der Waals surface area contributed by atoms with Gasteiger partial charge in [0.05, 0.1) is 10.7 Å². The van der Waals surface area contributed by atoms with Gasteiger partial charge in [-0.25, -0.2) is 9.97 Å². The van der Waals surface area contributed by atoms with E-state index in [1.807, 2.05) is 26.2 Å². The van der Waals surface area contributed by atoms with Crippen LogP contribution in [0.1, 0.15) is 35.1 Å². The first-order valence-electron chi connectivity index (χ1n) is 7.38. The minimum absolute atomic E-state index is 0.292. The molecule has 0 bridgehead atoms. The second kappa shape index (κ2) is 6.42. The molecule has 3 rings (SSSR count). The van der Waals surface area contributed by atoms with Crippen LogP contribution in [0.5, 0.6) is 0 Å². The van der Waals surface area contributed by atoms with Crippen LogP contribution in [-0.2, 0) is 6.54 Å². The fraction of sp³-hybridized carbons (Fsp3) is 0.294. The maximum Gasteiger partial charge on any atom is 0.110 e. The molecule has 3 aromatic rings. The molecule has 22 heavy (non-hydrogen) atoms. The molecule has 0 radical (unpaired) electrons. The van der Waals surface area contributed by atoms with Crippen molar-refractivity contribution in [1.82, 2.24) is 19.9 Å². The van der Waals surface area contributed by atoms with E-state index < -0.39 is 0 Å². The van der Waals surface area contributed by atoms with Crippen LogP contribution >= 0.6 is 11.3 Å². The van der Waals surface area contributed by atoms with Gasteiger partial charge in [0.1, 0.15) is 5.82 Å². The topological polar surface area (TPSA) is 42.7 Å². The van der Waals surface area contributed by atoms with E-state index in [1.165, 1.54) is 5.56 Å². The van der Waals surface area contributed by atoms with Crippen molar-refractivity contribution < 1.29 is 0 Å². The van der Waals surface area contributed by atoms with Crippen molar-refractivity contribution in [3.8, 4) is 5.69 Å². The van der Waals surface area contributed by atoms with E-state index in [1.54, 1.807) is 11.3 Å². The summed E-state index contributed by atoms with van der Waals surface area (Å²) in [7, 11) is 0. The summed E-state index contributed by atoms with van der Waals surface area (Å²) in [6.07, 6.45) is 3.81. The van der Waals surface area contributed by atoms with Crippen LogP contribution in [-0.4, -0.2) is 14.5 Å². The van der Waals surface area contributed by atoms with Crippen molar-refractivity contribution in [2.75, 3.05) is 0 Å². The number of hydrogen-bond acceptors (Lipinski definition) is 4. The molecule has 2 heterocycles. The molecule has 1 atom stereocenters. The SMILES string of the molecule is Cc1nc(CN[C@H](C)c2ccc(-n3ccnc3C)cc2)cs1. The second-order valence-corrected chi connectivity index (χ2v) is 6.46. The van der Waals surface area contributed by atoms with Gasteiger partial charge in [-0.05, 0) is 38.5 Å². The van der Waals surface area contributed by atoms with Crippen LogP contribution in [0.2, 0.25) is 0 Å². The first kappa shape index (κ1) is 14.9. The lowest BCUT2D eigenvalue weighted by Crippen LogP contribution is -2.18. The quantitative estimate of drug-likeness (QED) is 0.779. The minimum atomic E-state index is 0.292. The van der Waals surface area contributed by atoms with E-state index in [0.717, 1.165) is 28.8 Å². The molecule has 0 spiro atoms. The molecule has 2 aromatic heterocycles. The summed E-state index contributed by atoms with van der Waals surface area (Å²) in [4.78, 5) is 8.74. The Bertz CT molecular complexity index is 742. The van der Waals surface area contributed by atoms with Crippen LogP contribution in [0.15, 0.2) is 42.0 Å². The molecular formula is C17H20N4S. The molecule has 0 aliphatic carbocycles. The number of nitrogens with zero attached hydrogens (tertiary/aromatic N) is 3. The standard InChI is InChI=1S/C17H20N4S/c1-12(19-10-16-11-22-14(3)20-16)15-4-6-17(7-5-15)21-9-8-18-13(21)2/h4-9,11-12,19H,10H2,1-3H3/t12-/m1/s1. The zero-order chi connectivity index (χ0) is 15.5. The van der Waals surface area contributed by atoms with Gasteiger partial charge in [-0.15, -0.1) is 11.3 Å². The van der Waals surface area contributed by atoms with E-state index in [-0.39, 0.29) is 0 Å². The van der Waals surface area contributed by atoms with Crippen molar-refractivity contribution >= 4 is 11.3 Å². The number of aryl methyl sites for hydroxylation is 2. The lowest BCUT2D eigenvalue weighted by Gasteiger charge is -2.14. The molecule has 0 saturated heterocycles. The van der Waals surface area contributed by atoms with Crippen LogP contribution in [0.3, 0.4) is 0 Å². The largest absolute Gasteiger partial charge is 0.305 e. The molecule has 0 aliphatic rings. The molecule has 1 aromatic carbocycles. The van der Waals surface area contributed by atoms with Crippen LogP contribution in [0, 0.1) is 13.8 Å². The van der Waals surface area contributed by atoms with Crippen LogP contribution < -0.4 is 5.32 Å². The molecule has 114 valence electrons. The highest BCUT2D eigenvalue weighted by molar-refractivity contribution is 7.09. The van der Waals surface area contributed by atoms with Gasteiger partial charge in [-0.3, -0.25) is 0 Å². The average Bonchev–Trinajstić information content (AvgIpc) is 3.13. The maximum absolute atomic E-state index is 4.48. The van der Waals surface area contributed by atoms with E-state index >= 15 is 0 Å². The number of aromatic nitrogens is 3. The van der Waals surface area contributed by atoms with Gasteiger partial charge in [0, 0.05) is 36.0 Å². The van der Waals surface area contributed by atoms with Gasteiger partial charge in [-0.2, -0.15) is 0 Å². The Morgan fingerprint density at radius 3 is 2.59 bits per heavy atom. The van der Waals surface area contributed by atoms with E-state index in [4.69, 9.17) is 0 Å². The molecule has 0 aliphatic heterocycles. The molecule has 0 amide bonds. The van der Waals surface area contributed by atoms with Gasteiger partial charge in [-0.1, -0.05) is 12.1 Å². The number of nitrogens with one attached hydrogen (secondary N) is 1. The molecule has 0 saturated carbocycles. The predicted molar refractivity (Wildman–Crippen MR) is 90.4 cm³/mol. The highest BCUT2D eigenvalue weighted by Crippen LogP contribution is 2.17. The molecule has 0 unspecified atom stereocenters. The number of imidazole rings is 1. The van der Waals surface area contributed by atoms with E-state index in [2.05, 4.69) is 56.4 Å². The van der Waals surface area contributed by atoms with Crippen molar-refractivity contribution in [3.05, 3.63) is 64.1 Å². The first-order chi connectivity index (χ1) is 10.6. The lowest BCUT2D eigenvalue weighted by molar-refractivity contribution is 0.568. The molecular weight excluding hydrogens is 292 g/mol. The monoisotopic (exact) mass is 312 g/mol. The average molecular weight is 312 g/mol.